The summed E-state index contributed by atoms with van der Waals surface area (Å²) >= 11 is 0. The van der Waals surface area contributed by atoms with E-state index in [-0.39, 0.29) is 24.4 Å². The predicted molar refractivity (Wildman–Crippen MR) is 81.1 cm³/mol. The topological polar surface area (TPSA) is 89.9 Å². The molecule has 0 saturated heterocycles. The Hall–Kier alpha value is -1.85. The number of aliphatic carboxylic acids is 1. The molecule has 22 heavy (non-hydrogen) atoms. The maximum atomic E-state index is 11.8. The molecule has 0 heterocycles. The van der Waals surface area contributed by atoms with Gasteiger partial charge in [0.05, 0.1) is 5.92 Å². The largest absolute Gasteiger partial charge is 0.478 e. The standard InChI is InChI=1S/C16H26O6/c1-10(2)14(22-15(20)11(3)4)16(5,6)9-21-13(19)8-7-12(17)18/h7-8,10-11,14H,9H2,1-6H3,(H,17,18)/b8-7-. The number of hydrogen-bond donors (Lipinski definition) is 1. The third kappa shape index (κ3) is 7.24. The van der Waals surface area contributed by atoms with Gasteiger partial charge in [0.15, 0.2) is 0 Å². The molecule has 1 N–H and O–H groups in total. The molecular formula is C16H26O6. The molecule has 0 aromatic rings. The normalized spacial score (nSPS) is 13.5. The Balaban J connectivity index is 4.80. The first kappa shape index (κ1) is 20.1. The zero-order valence-electron chi connectivity index (χ0n) is 14.1. The van der Waals surface area contributed by atoms with Gasteiger partial charge in [-0.2, -0.15) is 0 Å². The molecular weight excluding hydrogens is 288 g/mol. The number of esters is 2. The fraction of sp³-hybridized carbons (Fsp3) is 0.688. The van der Waals surface area contributed by atoms with Crippen LogP contribution in [0.3, 0.4) is 0 Å². The number of ether oxygens (including phenoxy) is 2. The maximum Gasteiger partial charge on any atom is 0.331 e. The van der Waals surface area contributed by atoms with Crippen molar-refractivity contribution in [1.82, 2.24) is 0 Å². The number of carbonyl (C=O) groups excluding carboxylic acids is 2. The summed E-state index contributed by atoms with van der Waals surface area (Å²) in [4.78, 5) is 33.6. The van der Waals surface area contributed by atoms with E-state index in [0.717, 1.165) is 6.08 Å². The zero-order chi connectivity index (χ0) is 17.5. The van der Waals surface area contributed by atoms with Crippen LogP contribution in [0.2, 0.25) is 0 Å². The Morgan fingerprint density at radius 3 is 2.05 bits per heavy atom. The molecule has 1 unspecified atom stereocenters. The Morgan fingerprint density at radius 1 is 1.09 bits per heavy atom. The molecule has 0 aromatic carbocycles. The maximum absolute atomic E-state index is 11.8. The minimum Gasteiger partial charge on any atom is -0.478 e. The first-order valence-electron chi connectivity index (χ1n) is 7.25. The van der Waals surface area contributed by atoms with Gasteiger partial charge >= 0.3 is 17.9 Å². The van der Waals surface area contributed by atoms with Crippen molar-refractivity contribution in [3.8, 4) is 0 Å². The van der Waals surface area contributed by atoms with Gasteiger partial charge in [0.25, 0.3) is 0 Å². The second-order valence-corrected chi connectivity index (χ2v) is 6.52. The van der Waals surface area contributed by atoms with Crippen molar-refractivity contribution in [3.63, 3.8) is 0 Å². The number of rotatable bonds is 8. The molecule has 0 saturated carbocycles. The molecule has 0 amide bonds. The highest BCUT2D eigenvalue weighted by Crippen LogP contribution is 2.30. The molecule has 6 heteroatoms. The summed E-state index contributed by atoms with van der Waals surface area (Å²) < 4.78 is 10.6. The van der Waals surface area contributed by atoms with Gasteiger partial charge < -0.3 is 14.6 Å². The first-order chi connectivity index (χ1) is 9.97. The van der Waals surface area contributed by atoms with Gasteiger partial charge in [0.2, 0.25) is 0 Å². The van der Waals surface area contributed by atoms with E-state index in [9.17, 15) is 14.4 Å². The molecule has 1 atom stereocenters. The van der Waals surface area contributed by atoms with E-state index >= 15 is 0 Å². The second-order valence-electron chi connectivity index (χ2n) is 6.52. The lowest BCUT2D eigenvalue weighted by atomic mass is 9.81. The number of carbonyl (C=O) groups is 3. The van der Waals surface area contributed by atoms with E-state index in [0.29, 0.717) is 6.08 Å². The number of carboxylic acid groups (broad SMARTS) is 1. The summed E-state index contributed by atoms with van der Waals surface area (Å²) in [5.74, 6) is -2.46. The van der Waals surface area contributed by atoms with E-state index in [1.807, 2.05) is 27.7 Å². The molecule has 0 aliphatic heterocycles. The van der Waals surface area contributed by atoms with Gasteiger partial charge in [-0.1, -0.05) is 41.5 Å². The number of hydrogen-bond acceptors (Lipinski definition) is 5. The fourth-order valence-corrected chi connectivity index (χ4v) is 1.99. The summed E-state index contributed by atoms with van der Waals surface area (Å²) in [5, 5.41) is 8.45. The fourth-order valence-electron chi connectivity index (χ4n) is 1.99. The molecule has 0 spiro atoms. The number of carboxylic acids is 1. The van der Waals surface area contributed by atoms with Crippen LogP contribution in [0.4, 0.5) is 0 Å². The van der Waals surface area contributed by atoms with E-state index < -0.39 is 23.5 Å². The van der Waals surface area contributed by atoms with Crippen LogP contribution in [0, 0.1) is 17.3 Å². The van der Waals surface area contributed by atoms with Gasteiger partial charge in [0.1, 0.15) is 12.7 Å². The third-order valence-corrected chi connectivity index (χ3v) is 3.04. The van der Waals surface area contributed by atoms with Crippen molar-refractivity contribution in [2.24, 2.45) is 17.3 Å². The minimum atomic E-state index is -1.22. The highest BCUT2D eigenvalue weighted by molar-refractivity contribution is 5.90. The highest BCUT2D eigenvalue weighted by atomic mass is 16.6. The summed E-state index contributed by atoms with van der Waals surface area (Å²) in [6, 6.07) is 0. The first-order valence-corrected chi connectivity index (χ1v) is 7.25. The van der Waals surface area contributed by atoms with Gasteiger partial charge in [-0.25, -0.2) is 9.59 Å². The van der Waals surface area contributed by atoms with Crippen LogP contribution in [0.5, 0.6) is 0 Å². The van der Waals surface area contributed by atoms with Crippen molar-refractivity contribution in [1.29, 1.82) is 0 Å². The highest BCUT2D eigenvalue weighted by Gasteiger charge is 2.36. The lowest BCUT2D eigenvalue weighted by Crippen LogP contribution is -2.42. The summed E-state index contributed by atoms with van der Waals surface area (Å²) in [6.07, 6.45) is 1.15. The average Bonchev–Trinajstić information content (AvgIpc) is 2.39. The van der Waals surface area contributed by atoms with Gasteiger partial charge in [-0.3, -0.25) is 4.79 Å². The molecule has 0 bridgehead atoms. The summed E-state index contributed by atoms with van der Waals surface area (Å²) in [5.41, 5.74) is -0.592. The minimum absolute atomic E-state index is 0.0179. The molecule has 126 valence electrons. The molecule has 0 aromatic heterocycles. The van der Waals surface area contributed by atoms with Gasteiger partial charge in [-0.05, 0) is 5.92 Å². The quantitative estimate of drug-likeness (QED) is 0.546. The van der Waals surface area contributed by atoms with Crippen molar-refractivity contribution in [3.05, 3.63) is 12.2 Å². The van der Waals surface area contributed by atoms with Crippen LogP contribution in [0.25, 0.3) is 0 Å². The lowest BCUT2D eigenvalue weighted by Gasteiger charge is -2.36. The smallest absolute Gasteiger partial charge is 0.331 e. The van der Waals surface area contributed by atoms with Gasteiger partial charge in [-0.15, -0.1) is 0 Å². The monoisotopic (exact) mass is 314 g/mol. The second kappa shape index (κ2) is 8.56. The van der Waals surface area contributed by atoms with Crippen molar-refractivity contribution >= 4 is 17.9 Å². The van der Waals surface area contributed by atoms with E-state index in [1.54, 1.807) is 13.8 Å². The van der Waals surface area contributed by atoms with Crippen LogP contribution in [-0.4, -0.2) is 35.7 Å². The van der Waals surface area contributed by atoms with E-state index in [2.05, 4.69) is 0 Å². The van der Waals surface area contributed by atoms with Crippen molar-refractivity contribution < 1.29 is 29.0 Å². The van der Waals surface area contributed by atoms with Crippen molar-refractivity contribution in [2.75, 3.05) is 6.61 Å². The Morgan fingerprint density at radius 2 is 1.64 bits per heavy atom. The molecule has 0 rings (SSSR count). The van der Waals surface area contributed by atoms with Crippen LogP contribution in [-0.2, 0) is 23.9 Å². The lowest BCUT2D eigenvalue weighted by molar-refractivity contribution is -0.167. The van der Waals surface area contributed by atoms with E-state index in [1.165, 1.54) is 0 Å². The molecule has 0 fully saturated rings. The van der Waals surface area contributed by atoms with Gasteiger partial charge in [0, 0.05) is 17.6 Å². The van der Waals surface area contributed by atoms with Crippen LogP contribution in [0.1, 0.15) is 41.5 Å². The SMILES string of the molecule is CC(C)C(=O)OC(C(C)C)C(C)(C)COC(=O)/C=C\C(=O)O. The molecule has 0 radical (unpaired) electrons. The van der Waals surface area contributed by atoms with E-state index in [4.69, 9.17) is 14.6 Å². The van der Waals surface area contributed by atoms with Crippen LogP contribution < -0.4 is 0 Å². The molecule has 6 nitrogen and oxygen atoms in total. The van der Waals surface area contributed by atoms with Crippen LogP contribution >= 0.6 is 0 Å². The molecule has 0 aliphatic carbocycles. The third-order valence-electron chi connectivity index (χ3n) is 3.04. The van der Waals surface area contributed by atoms with Crippen molar-refractivity contribution in [2.45, 2.75) is 47.6 Å². The predicted octanol–water partition coefficient (Wildman–Crippen LogP) is 2.42. The Bertz CT molecular complexity index is 434. The summed E-state index contributed by atoms with van der Waals surface area (Å²) in [7, 11) is 0. The Kier molecular flexibility index (Phi) is 7.84. The van der Waals surface area contributed by atoms with Crippen LogP contribution in [0.15, 0.2) is 12.2 Å². The Labute approximate surface area is 131 Å². The molecule has 0 aliphatic rings. The summed E-state index contributed by atoms with van der Waals surface area (Å²) in [6.45, 7) is 11.0. The zero-order valence-corrected chi connectivity index (χ0v) is 14.1. The average molecular weight is 314 g/mol.